The van der Waals surface area contributed by atoms with Crippen molar-refractivity contribution in [1.29, 1.82) is 0 Å². The number of likely N-dealkylation sites (tertiary alicyclic amines) is 1. The zero-order valence-corrected chi connectivity index (χ0v) is 20.4. The first-order valence-corrected chi connectivity index (χ1v) is 11.4. The van der Waals surface area contributed by atoms with Crippen LogP contribution in [0.4, 0.5) is 10.2 Å². The third-order valence-corrected chi connectivity index (χ3v) is 6.34. The maximum Gasteiger partial charge on any atom is 0.255 e. The Kier molecular flexibility index (Phi) is 7.07. The summed E-state index contributed by atoms with van der Waals surface area (Å²) in [6, 6.07) is 3.21. The van der Waals surface area contributed by atoms with Crippen LogP contribution in [0.25, 0.3) is 11.0 Å². The molecular weight excluding hydrogens is 465 g/mol. The highest BCUT2D eigenvalue weighted by molar-refractivity contribution is 6.00. The topological polar surface area (TPSA) is 120 Å². The van der Waals surface area contributed by atoms with Gasteiger partial charge >= 0.3 is 0 Å². The smallest absolute Gasteiger partial charge is 0.255 e. The van der Waals surface area contributed by atoms with Gasteiger partial charge < -0.3 is 25.3 Å². The number of hydrogen-bond acceptors (Lipinski definition) is 6. The lowest BCUT2D eigenvalue weighted by Crippen LogP contribution is -2.37. The van der Waals surface area contributed by atoms with Crippen LogP contribution in [0.1, 0.15) is 28.0 Å². The molecule has 2 atom stereocenters. The molecule has 0 aliphatic carbocycles. The van der Waals surface area contributed by atoms with Gasteiger partial charge in [-0.3, -0.25) is 9.59 Å². The highest BCUT2D eigenvalue weighted by Crippen LogP contribution is 2.28. The van der Waals surface area contributed by atoms with Gasteiger partial charge in [-0.25, -0.2) is 14.1 Å². The third kappa shape index (κ3) is 4.55. The van der Waals surface area contributed by atoms with E-state index in [2.05, 4.69) is 33.8 Å². The Morgan fingerprint density at radius 3 is 2.83 bits per heavy atom. The molecule has 3 heterocycles. The highest BCUT2D eigenvalue weighted by atomic mass is 19.1. The zero-order chi connectivity index (χ0) is 26.0. The standard InChI is InChI=1S/C25H28FN7O3/c1-5-20(34)32-11-15(10-17(32)13-36-4)12-33-25(28-2)21(24(27)35)18(30-33)8-6-16-7-9-19-23(22(16)26)29-14-31(19)3/h5,7,9,14-15,17,28H,1,10-13H2,2-4H3,(H2,27,35)/t15-,17+/m0/s1. The Bertz CT molecular complexity index is 1400. The number of carbonyl (C=O) groups excluding carboxylic acids is 2. The van der Waals surface area contributed by atoms with Crippen LogP contribution in [0, 0.1) is 23.6 Å². The van der Waals surface area contributed by atoms with Crippen molar-refractivity contribution in [1.82, 2.24) is 24.2 Å². The van der Waals surface area contributed by atoms with E-state index in [1.807, 2.05) is 0 Å². The molecule has 0 radical (unpaired) electrons. The number of anilines is 1. The molecule has 4 rings (SSSR count). The van der Waals surface area contributed by atoms with Gasteiger partial charge in [0.05, 0.1) is 30.1 Å². The molecular formula is C25H28FN7O3. The van der Waals surface area contributed by atoms with Crippen molar-refractivity contribution in [3.05, 3.63) is 53.8 Å². The summed E-state index contributed by atoms with van der Waals surface area (Å²) in [5.74, 6) is 4.63. The number of primary amides is 1. The first kappa shape index (κ1) is 24.9. The van der Waals surface area contributed by atoms with Crippen LogP contribution in [0.5, 0.6) is 0 Å². The molecule has 1 saturated heterocycles. The van der Waals surface area contributed by atoms with Gasteiger partial charge in [-0.15, -0.1) is 0 Å². The summed E-state index contributed by atoms with van der Waals surface area (Å²) in [6.07, 6.45) is 3.51. The maximum atomic E-state index is 14.9. The van der Waals surface area contributed by atoms with E-state index in [1.54, 1.807) is 47.5 Å². The van der Waals surface area contributed by atoms with Crippen molar-refractivity contribution in [3.8, 4) is 11.8 Å². The summed E-state index contributed by atoms with van der Waals surface area (Å²) in [7, 11) is 5.02. The molecule has 1 aliphatic heterocycles. The van der Waals surface area contributed by atoms with Gasteiger partial charge in [0.15, 0.2) is 11.5 Å². The van der Waals surface area contributed by atoms with Crippen LogP contribution >= 0.6 is 0 Å². The third-order valence-electron chi connectivity index (χ3n) is 6.34. The molecule has 36 heavy (non-hydrogen) atoms. The monoisotopic (exact) mass is 493 g/mol. The Morgan fingerprint density at radius 1 is 1.39 bits per heavy atom. The van der Waals surface area contributed by atoms with Crippen molar-refractivity contribution >= 4 is 28.7 Å². The van der Waals surface area contributed by atoms with Crippen molar-refractivity contribution in [2.45, 2.75) is 19.0 Å². The molecule has 1 fully saturated rings. The van der Waals surface area contributed by atoms with Crippen molar-refractivity contribution < 1.29 is 18.7 Å². The summed E-state index contributed by atoms with van der Waals surface area (Å²) < 4.78 is 23.6. The van der Waals surface area contributed by atoms with Crippen molar-refractivity contribution in [2.75, 3.05) is 32.6 Å². The number of amides is 2. The predicted molar refractivity (Wildman–Crippen MR) is 133 cm³/mol. The van der Waals surface area contributed by atoms with Crippen molar-refractivity contribution in [3.63, 3.8) is 0 Å². The molecule has 0 bridgehead atoms. The van der Waals surface area contributed by atoms with Crippen molar-refractivity contribution in [2.24, 2.45) is 18.7 Å². The Hall–Kier alpha value is -4.17. The summed E-state index contributed by atoms with van der Waals surface area (Å²) in [5.41, 5.74) is 6.91. The Balaban J connectivity index is 1.66. The second-order valence-electron chi connectivity index (χ2n) is 8.67. The molecule has 1 aromatic carbocycles. The van der Waals surface area contributed by atoms with Crippen LogP contribution in [0.2, 0.25) is 0 Å². The minimum atomic E-state index is -0.706. The van der Waals surface area contributed by atoms with Crippen LogP contribution in [-0.4, -0.2) is 69.4 Å². The molecule has 2 amide bonds. The number of fused-ring (bicyclic) bond motifs is 1. The number of benzene rings is 1. The van der Waals surface area contributed by atoms with Crippen LogP contribution in [0.3, 0.4) is 0 Å². The van der Waals surface area contributed by atoms with Gasteiger partial charge in [0.2, 0.25) is 5.91 Å². The number of methoxy groups -OCH3 is 1. The maximum absolute atomic E-state index is 14.9. The molecule has 1 aliphatic rings. The molecule has 0 saturated carbocycles. The Labute approximate surface area is 207 Å². The predicted octanol–water partition coefficient (Wildman–Crippen LogP) is 1.50. The van der Waals surface area contributed by atoms with E-state index in [0.717, 1.165) is 0 Å². The van der Waals surface area contributed by atoms with E-state index >= 15 is 0 Å². The molecule has 0 unspecified atom stereocenters. The number of nitrogens with one attached hydrogen (secondary N) is 1. The number of rotatable bonds is 7. The van der Waals surface area contributed by atoms with Gasteiger partial charge in [0, 0.05) is 34.3 Å². The fourth-order valence-corrected chi connectivity index (χ4v) is 4.69. The summed E-state index contributed by atoms with van der Waals surface area (Å²) in [6.45, 7) is 4.89. The van der Waals surface area contributed by atoms with E-state index in [1.165, 1.54) is 12.4 Å². The lowest BCUT2D eigenvalue weighted by Gasteiger charge is -2.22. The number of aromatic nitrogens is 4. The molecule has 2 aromatic heterocycles. The van der Waals surface area contributed by atoms with Gasteiger partial charge in [-0.05, 0) is 36.5 Å². The first-order chi connectivity index (χ1) is 17.3. The molecule has 11 heteroatoms. The van der Waals surface area contributed by atoms with Crippen LogP contribution in [-0.2, 0) is 23.1 Å². The van der Waals surface area contributed by atoms with E-state index in [-0.39, 0.29) is 40.2 Å². The number of hydrogen-bond donors (Lipinski definition) is 2. The quantitative estimate of drug-likeness (QED) is 0.380. The summed E-state index contributed by atoms with van der Waals surface area (Å²) in [5, 5.41) is 7.50. The minimum absolute atomic E-state index is 0.0478. The van der Waals surface area contributed by atoms with Gasteiger partial charge in [-0.2, -0.15) is 5.10 Å². The SMILES string of the molecule is C=CC(=O)N1C[C@@H](Cn2nc(C#Cc3ccc4c(ncn4C)c3F)c(C(N)=O)c2NC)C[C@@H]1COC. The number of aryl methyl sites for hydroxylation is 1. The average molecular weight is 494 g/mol. The number of imidazole rings is 1. The molecule has 3 N–H and O–H groups in total. The lowest BCUT2D eigenvalue weighted by molar-refractivity contribution is -0.127. The molecule has 10 nitrogen and oxygen atoms in total. The first-order valence-electron chi connectivity index (χ1n) is 11.4. The number of nitrogens with two attached hydrogens (primary N) is 1. The minimum Gasteiger partial charge on any atom is -0.383 e. The van der Waals surface area contributed by atoms with E-state index in [4.69, 9.17) is 10.5 Å². The number of carbonyl (C=O) groups is 2. The van der Waals surface area contributed by atoms with Crippen LogP contribution in [0.15, 0.2) is 31.1 Å². The van der Waals surface area contributed by atoms with E-state index in [0.29, 0.717) is 37.5 Å². The van der Waals surface area contributed by atoms with Crippen LogP contribution < -0.4 is 11.1 Å². The molecule has 188 valence electrons. The van der Waals surface area contributed by atoms with Gasteiger partial charge in [-0.1, -0.05) is 12.5 Å². The normalized spacial score (nSPS) is 17.2. The summed E-state index contributed by atoms with van der Waals surface area (Å²) in [4.78, 5) is 30.4. The second kappa shape index (κ2) is 10.2. The fourth-order valence-electron chi connectivity index (χ4n) is 4.69. The molecule has 0 spiro atoms. The number of nitrogens with zero attached hydrogens (tertiary/aromatic N) is 5. The van der Waals surface area contributed by atoms with Gasteiger partial charge in [0.1, 0.15) is 16.9 Å². The highest BCUT2D eigenvalue weighted by Gasteiger charge is 2.35. The van der Waals surface area contributed by atoms with Gasteiger partial charge in [0.25, 0.3) is 5.91 Å². The van der Waals surface area contributed by atoms with E-state index in [9.17, 15) is 14.0 Å². The average Bonchev–Trinajstić information content (AvgIpc) is 3.54. The second-order valence-corrected chi connectivity index (χ2v) is 8.67. The number of ether oxygens (including phenoxy) is 1. The van der Waals surface area contributed by atoms with E-state index < -0.39 is 11.7 Å². The lowest BCUT2D eigenvalue weighted by atomic mass is 10.1. The largest absolute Gasteiger partial charge is 0.383 e. The number of halogens is 1. The fraction of sp³-hybridized carbons (Fsp3) is 0.360. The zero-order valence-electron chi connectivity index (χ0n) is 20.4. The Morgan fingerprint density at radius 2 is 2.17 bits per heavy atom. The molecule has 3 aromatic rings. The summed E-state index contributed by atoms with van der Waals surface area (Å²) >= 11 is 0.